The van der Waals surface area contributed by atoms with E-state index >= 15 is 0 Å². The Bertz CT molecular complexity index is 633. The van der Waals surface area contributed by atoms with Crippen molar-refractivity contribution in [3.05, 3.63) is 27.1 Å². The Morgan fingerprint density at radius 1 is 1.05 bits per heavy atom. The molecule has 3 rings (SSSR count). The molecule has 2 fully saturated rings. The molecule has 2 atom stereocenters. The molecule has 0 amide bonds. The van der Waals surface area contributed by atoms with Crippen molar-refractivity contribution in [3.63, 3.8) is 0 Å². The smallest absolute Gasteiger partial charge is 0.207 e. The Kier molecular flexibility index (Phi) is 4.79. The van der Waals surface area contributed by atoms with Gasteiger partial charge in [-0.1, -0.05) is 35.2 Å². The van der Waals surface area contributed by atoms with Crippen LogP contribution in [0.5, 0.6) is 0 Å². The maximum absolute atomic E-state index is 12.9. The van der Waals surface area contributed by atoms with Gasteiger partial charge in [-0.2, -0.15) is 4.31 Å². The predicted molar refractivity (Wildman–Crippen MR) is 90.7 cm³/mol. The number of halogens is 2. The molecular formula is C15H19Br2NO2S. The summed E-state index contributed by atoms with van der Waals surface area (Å²) in [4.78, 5) is 0.375. The van der Waals surface area contributed by atoms with E-state index in [0.29, 0.717) is 28.4 Å². The van der Waals surface area contributed by atoms with Crippen LogP contribution in [0, 0.1) is 11.8 Å². The number of nitrogens with zero attached hydrogens (tertiary/aromatic N) is 1. The highest BCUT2D eigenvalue weighted by atomic mass is 79.9. The van der Waals surface area contributed by atoms with E-state index in [0.717, 1.165) is 16.8 Å². The lowest BCUT2D eigenvalue weighted by Gasteiger charge is -2.40. The third-order valence-electron chi connectivity index (χ3n) is 4.77. The third-order valence-corrected chi connectivity index (χ3v) is 8.10. The SMILES string of the molecule is O=S(=O)(c1ccc(Br)cc1Br)N1CCC2CCCCC2C1. The largest absolute Gasteiger partial charge is 0.244 e. The fourth-order valence-electron chi connectivity index (χ4n) is 3.61. The van der Waals surface area contributed by atoms with Gasteiger partial charge >= 0.3 is 0 Å². The minimum atomic E-state index is -3.39. The summed E-state index contributed by atoms with van der Waals surface area (Å²) in [5.41, 5.74) is 0. The minimum absolute atomic E-state index is 0.375. The van der Waals surface area contributed by atoms with E-state index in [4.69, 9.17) is 0 Å². The van der Waals surface area contributed by atoms with Gasteiger partial charge in [0.15, 0.2) is 0 Å². The van der Waals surface area contributed by atoms with Gasteiger partial charge in [-0.3, -0.25) is 0 Å². The Morgan fingerprint density at radius 2 is 1.76 bits per heavy atom. The molecule has 0 bridgehead atoms. The Balaban J connectivity index is 1.85. The van der Waals surface area contributed by atoms with E-state index in [2.05, 4.69) is 31.9 Å². The second-order valence-electron chi connectivity index (χ2n) is 6.03. The summed E-state index contributed by atoms with van der Waals surface area (Å²) in [5, 5.41) is 0. The van der Waals surface area contributed by atoms with E-state index < -0.39 is 10.0 Å². The Hall–Kier alpha value is 0.0900. The molecule has 0 N–H and O–H groups in total. The van der Waals surface area contributed by atoms with Gasteiger partial charge in [0.25, 0.3) is 0 Å². The maximum atomic E-state index is 12.9. The van der Waals surface area contributed by atoms with Crippen molar-refractivity contribution in [2.75, 3.05) is 13.1 Å². The normalized spacial score (nSPS) is 27.3. The highest BCUT2D eigenvalue weighted by Crippen LogP contribution is 2.38. The number of piperidine rings is 1. The lowest BCUT2D eigenvalue weighted by molar-refractivity contribution is 0.136. The molecule has 2 aliphatic rings. The van der Waals surface area contributed by atoms with Gasteiger partial charge in [0, 0.05) is 22.0 Å². The van der Waals surface area contributed by atoms with Crippen molar-refractivity contribution in [2.45, 2.75) is 37.0 Å². The van der Waals surface area contributed by atoms with Crippen molar-refractivity contribution >= 4 is 41.9 Å². The summed E-state index contributed by atoms with van der Waals surface area (Å²) < 4.78 is 28.9. The molecule has 1 aromatic carbocycles. The van der Waals surface area contributed by atoms with Gasteiger partial charge in [0.05, 0.1) is 4.90 Å². The molecule has 0 radical (unpaired) electrons. The molecule has 3 nitrogen and oxygen atoms in total. The van der Waals surface area contributed by atoms with Crippen molar-refractivity contribution in [1.29, 1.82) is 0 Å². The number of hydrogen-bond acceptors (Lipinski definition) is 2. The van der Waals surface area contributed by atoms with Crippen molar-refractivity contribution in [1.82, 2.24) is 4.31 Å². The van der Waals surface area contributed by atoms with Crippen molar-refractivity contribution in [3.8, 4) is 0 Å². The minimum Gasteiger partial charge on any atom is -0.207 e. The second-order valence-corrected chi connectivity index (χ2v) is 9.71. The van der Waals surface area contributed by atoms with Gasteiger partial charge in [-0.05, 0) is 58.8 Å². The van der Waals surface area contributed by atoms with Gasteiger partial charge < -0.3 is 0 Å². The number of fused-ring (bicyclic) bond motifs is 1. The third kappa shape index (κ3) is 3.23. The van der Waals surface area contributed by atoms with Gasteiger partial charge in [0.1, 0.15) is 0 Å². The molecular weight excluding hydrogens is 418 g/mol. The molecule has 1 saturated carbocycles. The summed E-state index contributed by atoms with van der Waals surface area (Å²) in [6.45, 7) is 1.35. The molecule has 1 aromatic rings. The summed E-state index contributed by atoms with van der Waals surface area (Å²) in [6.07, 6.45) is 6.03. The quantitative estimate of drug-likeness (QED) is 0.688. The van der Waals surface area contributed by atoms with Crippen LogP contribution in [-0.4, -0.2) is 25.8 Å². The number of hydrogen-bond donors (Lipinski definition) is 0. The topological polar surface area (TPSA) is 37.4 Å². The highest BCUT2D eigenvalue weighted by Gasteiger charge is 2.37. The lowest BCUT2D eigenvalue weighted by Crippen LogP contribution is -2.44. The van der Waals surface area contributed by atoms with Crippen LogP contribution < -0.4 is 0 Å². The van der Waals surface area contributed by atoms with Crippen LogP contribution in [0.2, 0.25) is 0 Å². The summed E-state index contributed by atoms with van der Waals surface area (Å²) in [7, 11) is -3.39. The van der Waals surface area contributed by atoms with Crippen LogP contribution in [0.15, 0.2) is 32.0 Å². The molecule has 116 valence electrons. The molecule has 1 aliphatic carbocycles. The molecule has 21 heavy (non-hydrogen) atoms. The molecule has 1 saturated heterocycles. The summed E-state index contributed by atoms with van der Waals surface area (Å²) in [5.74, 6) is 1.29. The molecule has 0 spiro atoms. The molecule has 1 heterocycles. The fourth-order valence-corrected chi connectivity index (χ4v) is 6.83. The summed E-state index contributed by atoms with van der Waals surface area (Å²) >= 11 is 6.75. The first kappa shape index (κ1) is 16.0. The first-order valence-corrected chi connectivity index (χ1v) is 10.5. The average molecular weight is 437 g/mol. The van der Waals surface area contributed by atoms with E-state index in [-0.39, 0.29) is 0 Å². The molecule has 0 aromatic heterocycles. The van der Waals surface area contributed by atoms with Crippen LogP contribution in [0.3, 0.4) is 0 Å². The summed E-state index contributed by atoms with van der Waals surface area (Å²) in [6, 6.07) is 5.25. The van der Waals surface area contributed by atoms with Crippen LogP contribution in [-0.2, 0) is 10.0 Å². The van der Waals surface area contributed by atoms with Crippen LogP contribution in [0.4, 0.5) is 0 Å². The van der Waals surface area contributed by atoms with E-state index in [9.17, 15) is 8.42 Å². The lowest BCUT2D eigenvalue weighted by atomic mass is 9.76. The highest BCUT2D eigenvalue weighted by molar-refractivity contribution is 9.11. The Morgan fingerprint density at radius 3 is 2.48 bits per heavy atom. The zero-order valence-electron chi connectivity index (χ0n) is 11.8. The second kappa shape index (κ2) is 6.30. The van der Waals surface area contributed by atoms with Gasteiger partial charge in [0.2, 0.25) is 10.0 Å². The van der Waals surface area contributed by atoms with Crippen LogP contribution >= 0.6 is 31.9 Å². The monoisotopic (exact) mass is 435 g/mol. The molecule has 6 heteroatoms. The molecule has 2 unspecified atom stereocenters. The Labute approximate surface area is 143 Å². The first-order valence-electron chi connectivity index (χ1n) is 7.43. The fraction of sp³-hybridized carbons (Fsp3) is 0.600. The van der Waals surface area contributed by atoms with Gasteiger partial charge in [-0.15, -0.1) is 0 Å². The average Bonchev–Trinajstić information content (AvgIpc) is 2.46. The van der Waals surface area contributed by atoms with Crippen molar-refractivity contribution in [2.24, 2.45) is 11.8 Å². The standard InChI is InChI=1S/C15H19Br2NO2S/c16-13-5-6-15(14(17)9-13)21(19,20)18-8-7-11-3-1-2-4-12(11)10-18/h5-6,9,11-12H,1-4,7-8,10H2. The number of sulfonamides is 1. The zero-order valence-corrected chi connectivity index (χ0v) is 15.8. The predicted octanol–water partition coefficient (Wildman–Crippen LogP) is 4.41. The number of benzene rings is 1. The van der Waals surface area contributed by atoms with Crippen LogP contribution in [0.1, 0.15) is 32.1 Å². The number of rotatable bonds is 2. The first-order chi connectivity index (χ1) is 9.98. The molecule has 1 aliphatic heterocycles. The van der Waals surface area contributed by atoms with Crippen molar-refractivity contribution < 1.29 is 8.42 Å². The maximum Gasteiger partial charge on any atom is 0.244 e. The van der Waals surface area contributed by atoms with Crippen LogP contribution in [0.25, 0.3) is 0 Å². The zero-order chi connectivity index (χ0) is 15.0. The van der Waals surface area contributed by atoms with E-state index in [1.807, 2.05) is 0 Å². The van der Waals surface area contributed by atoms with E-state index in [1.165, 1.54) is 25.7 Å². The van der Waals surface area contributed by atoms with E-state index in [1.54, 1.807) is 22.5 Å². The van der Waals surface area contributed by atoms with Gasteiger partial charge in [-0.25, -0.2) is 8.42 Å².